The van der Waals surface area contributed by atoms with Gasteiger partial charge in [-0.05, 0) is 60.4 Å². The zero-order chi connectivity index (χ0) is 16.8. The van der Waals surface area contributed by atoms with Gasteiger partial charge in [0.1, 0.15) is 5.70 Å². The van der Waals surface area contributed by atoms with E-state index in [1.807, 2.05) is 48.3 Å². The molecule has 2 aliphatic heterocycles. The first-order valence-electron chi connectivity index (χ1n) is 7.63. The van der Waals surface area contributed by atoms with Gasteiger partial charge in [-0.25, -0.2) is 0 Å². The van der Waals surface area contributed by atoms with Gasteiger partial charge in [-0.15, -0.1) is 0 Å². The van der Waals surface area contributed by atoms with E-state index in [9.17, 15) is 4.79 Å². The normalized spacial score (nSPS) is 16.3. The largest absolute Gasteiger partial charge is 0.351 e. The summed E-state index contributed by atoms with van der Waals surface area (Å²) >= 11 is 9.53. The Bertz CT molecular complexity index is 894. The number of hydrogen-bond donors (Lipinski definition) is 2. The highest BCUT2D eigenvalue weighted by atomic mass is 79.9. The predicted octanol–water partition coefficient (Wildman–Crippen LogP) is 4.18. The quantitative estimate of drug-likeness (QED) is 0.749. The van der Waals surface area contributed by atoms with E-state index in [0.717, 1.165) is 39.0 Å². The highest BCUT2D eigenvalue weighted by Crippen LogP contribution is 2.33. The fourth-order valence-corrected chi connectivity index (χ4v) is 3.84. The lowest BCUT2D eigenvalue weighted by Gasteiger charge is -2.36. The summed E-state index contributed by atoms with van der Waals surface area (Å²) < 4.78 is 1.03. The molecular formula is C18H15BrClN3O. The van der Waals surface area contributed by atoms with Crippen LogP contribution in [0.1, 0.15) is 11.1 Å². The summed E-state index contributed by atoms with van der Waals surface area (Å²) in [6.45, 7) is 2.69. The number of nitrogens with one attached hydrogen (secondary N) is 2. The first-order chi connectivity index (χ1) is 11.5. The molecule has 2 N–H and O–H groups in total. The molecule has 0 saturated heterocycles. The molecule has 0 fully saturated rings. The number of nitrogens with zero attached hydrogens (tertiary/aromatic N) is 1. The molecule has 0 aromatic heterocycles. The maximum absolute atomic E-state index is 12.6. The van der Waals surface area contributed by atoms with Crippen molar-refractivity contribution in [1.82, 2.24) is 5.43 Å². The number of amides is 1. The van der Waals surface area contributed by atoms with Gasteiger partial charge in [0, 0.05) is 15.2 Å². The molecule has 0 saturated carbocycles. The predicted molar refractivity (Wildman–Crippen MR) is 100 cm³/mol. The van der Waals surface area contributed by atoms with E-state index in [1.54, 1.807) is 0 Å². The van der Waals surface area contributed by atoms with Gasteiger partial charge >= 0.3 is 0 Å². The zero-order valence-corrected chi connectivity index (χ0v) is 15.3. The van der Waals surface area contributed by atoms with Gasteiger partial charge in [0.25, 0.3) is 5.91 Å². The molecule has 2 aliphatic rings. The molecular weight excluding hydrogens is 390 g/mol. The number of carbonyl (C=O) groups is 1. The number of hydrazine groups is 1. The Labute approximate surface area is 153 Å². The number of fused-ring (bicyclic) bond motifs is 1. The van der Waals surface area contributed by atoms with Crippen LogP contribution in [0.4, 0.5) is 11.4 Å². The highest BCUT2D eigenvalue weighted by molar-refractivity contribution is 9.10. The summed E-state index contributed by atoms with van der Waals surface area (Å²) in [5.41, 5.74) is 8.84. The summed E-state index contributed by atoms with van der Waals surface area (Å²) in [5, 5.41) is 5.80. The van der Waals surface area contributed by atoms with Crippen LogP contribution in [-0.2, 0) is 11.2 Å². The lowest BCUT2D eigenvalue weighted by atomic mass is 9.95. The Balaban J connectivity index is 1.67. The van der Waals surface area contributed by atoms with Crippen LogP contribution >= 0.6 is 27.5 Å². The molecule has 2 aromatic carbocycles. The first-order valence-corrected chi connectivity index (χ1v) is 8.80. The Kier molecular flexibility index (Phi) is 3.77. The smallest absolute Gasteiger partial charge is 0.286 e. The van der Waals surface area contributed by atoms with Crippen molar-refractivity contribution in [3.63, 3.8) is 0 Å². The van der Waals surface area contributed by atoms with Gasteiger partial charge in [0.15, 0.2) is 0 Å². The average Bonchev–Trinajstić information content (AvgIpc) is 2.53. The number of hydrogen-bond acceptors (Lipinski definition) is 3. The first kappa shape index (κ1) is 15.5. The van der Waals surface area contributed by atoms with Gasteiger partial charge in [0.05, 0.1) is 12.2 Å². The van der Waals surface area contributed by atoms with Gasteiger partial charge in [-0.1, -0.05) is 33.6 Å². The maximum atomic E-state index is 12.6. The molecule has 6 heteroatoms. The number of benzene rings is 2. The van der Waals surface area contributed by atoms with Crippen molar-refractivity contribution in [2.45, 2.75) is 13.3 Å². The molecule has 0 aliphatic carbocycles. The Hall–Kier alpha value is -1.98. The summed E-state index contributed by atoms with van der Waals surface area (Å²) in [4.78, 5) is 12.6. The molecule has 0 radical (unpaired) electrons. The molecule has 0 unspecified atom stereocenters. The van der Waals surface area contributed by atoms with Crippen LogP contribution in [0.5, 0.6) is 0 Å². The third-order valence-corrected chi connectivity index (χ3v) is 5.08. The van der Waals surface area contributed by atoms with E-state index in [4.69, 9.17) is 11.6 Å². The van der Waals surface area contributed by atoms with Crippen molar-refractivity contribution >= 4 is 44.8 Å². The van der Waals surface area contributed by atoms with Gasteiger partial charge in [-0.2, -0.15) is 0 Å². The van der Waals surface area contributed by atoms with Crippen molar-refractivity contribution in [3.05, 3.63) is 68.3 Å². The lowest BCUT2D eigenvalue weighted by Crippen LogP contribution is -2.51. The van der Waals surface area contributed by atoms with E-state index in [-0.39, 0.29) is 5.91 Å². The molecule has 4 rings (SSSR count). The second-order valence-corrected chi connectivity index (χ2v) is 7.39. The minimum atomic E-state index is -0.121. The number of anilines is 2. The third kappa shape index (κ3) is 2.68. The SMILES string of the molecule is Cc1cc(Br)ccc1N1CC2=C(Nc3cc(Cl)ccc3C2)C(=O)N1. The van der Waals surface area contributed by atoms with E-state index >= 15 is 0 Å². The van der Waals surface area contributed by atoms with E-state index in [2.05, 4.69) is 26.7 Å². The minimum Gasteiger partial charge on any atom is -0.351 e. The van der Waals surface area contributed by atoms with Gasteiger partial charge in [-0.3, -0.25) is 15.2 Å². The molecule has 0 bridgehead atoms. The Morgan fingerprint density at radius 3 is 2.83 bits per heavy atom. The molecule has 122 valence electrons. The number of halogens is 2. The van der Waals surface area contributed by atoms with Crippen molar-refractivity contribution < 1.29 is 4.79 Å². The van der Waals surface area contributed by atoms with Gasteiger partial charge < -0.3 is 5.32 Å². The lowest BCUT2D eigenvalue weighted by molar-refractivity contribution is -0.117. The molecule has 0 spiro atoms. The summed E-state index contributed by atoms with van der Waals surface area (Å²) in [5.74, 6) is -0.121. The number of rotatable bonds is 1. The summed E-state index contributed by atoms with van der Waals surface area (Å²) in [7, 11) is 0. The van der Waals surface area contributed by atoms with Crippen LogP contribution in [-0.4, -0.2) is 12.5 Å². The van der Waals surface area contributed by atoms with Crippen LogP contribution in [0.3, 0.4) is 0 Å². The van der Waals surface area contributed by atoms with E-state index < -0.39 is 0 Å². The topological polar surface area (TPSA) is 44.4 Å². The van der Waals surface area contributed by atoms with Crippen molar-refractivity contribution in [1.29, 1.82) is 0 Å². The summed E-state index contributed by atoms with van der Waals surface area (Å²) in [6.07, 6.45) is 0.744. The van der Waals surface area contributed by atoms with Gasteiger partial charge in [0.2, 0.25) is 0 Å². The van der Waals surface area contributed by atoms with Crippen LogP contribution < -0.4 is 15.8 Å². The summed E-state index contributed by atoms with van der Waals surface area (Å²) in [6, 6.07) is 11.8. The highest BCUT2D eigenvalue weighted by Gasteiger charge is 2.30. The Morgan fingerprint density at radius 2 is 2.04 bits per heavy atom. The minimum absolute atomic E-state index is 0.121. The zero-order valence-electron chi connectivity index (χ0n) is 13.0. The Morgan fingerprint density at radius 1 is 1.21 bits per heavy atom. The van der Waals surface area contributed by atoms with E-state index in [1.165, 1.54) is 0 Å². The molecule has 2 heterocycles. The number of aryl methyl sites for hydroxylation is 1. The van der Waals surface area contributed by atoms with Crippen LogP contribution in [0.25, 0.3) is 0 Å². The van der Waals surface area contributed by atoms with E-state index in [0.29, 0.717) is 17.3 Å². The standard InChI is InChI=1S/C18H15BrClN3O/c1-10-6-13(19)3-5-16(10)23-9-12-7-11-2-4-14(20)8-15(11)21-17(12)18(24)22-23/h2-6,8,21H,7,9H2,1H3,(H,22,24). The van der Waals surface area contributed by atoms with Crippen molar-refractivity contribution in [3.8, 4) is 0 Å². The maximum Gasteiger partial charge on any atom is 0.286 e. The fraction of sp³-hybridized carbons (Fsp3) is 0.167. The number of carbonyl (C=O) groups excluding carboxylic acids is 1. The van der Waals surface area contributed by atoms with Crippen LogP contribution in [0, 0.1) is 6.92 Å². The van der Waals surface area contributed by atoms with Crippen molar-refractivity contribution in [2.75, 3.05) is 16.9 Å². The third-order valence-electron chi connectivity index (χ3n) is 4.35. The molecule has 24 heavy (non-hydrogen) atoms. The molecule has 4 nitrogen and oxygen atoms in total. The molecule has 0 atom stereocenters. The monoisotopic (exact) mass is 403 g/mol. The second-order valence-electron chi connectivity index (χ2n) is 6.04. The molecule has 1 amide bonds. The molecule has 2 aromatic rings. The van der Waals surface area contributed by atoms with Crippen molar-refractivity contribution in [2.24, 2.45) is 0 Å². The van der Waals surface area contributed by atoms with Crippen LogP contribution in [0.15, 0.2) is 52.1 Å². The average molecular weight is 405 g/mol. The van der Waals surface area contributed by atoms with Crippen LogP contribution in [0.2, 0.25) is 5.02 Å². The fourth-order valence-electron chi connectivity index (χ4n) is 3.19. The second kappa shape index (κ2) is 5.83.